The molecule has 0 radical (unpaired) electrons. The highest BCUT2D eigenvalue weighted by Crippen LogP contribution is 2.41. The van der Waals surface area contributed by atoms with Gasteiger partial charge in [-0.25, -0.2) is 4.39 Å². The van der Waals surface area contributed by atoms with Gasteiger partial charge in [-0.2, -0.15) is 5.10 Å². The van der Waals surface area contributed by atoms with Crippen LogP contribution in [-0.2, 0) is 17.9 Å². The number of methoxy groups -OCH3 is 1. The fourth-order valence-electron chi connectivity index (χ4n) is 4.85. The lowest BCUT2D eigenvalue weighted by molar-refractivity contribution is -0.134. The first-order chi connectivity index (χ1) is 19.2. The van der Waals surface area contributed by atoms with Gasteiger partial charge in [-0.05, 0) is 31.0 Å². The minimum absolute atomic E-state index is 0.0244. The fourth-order valence-corrected chi connectivity index (χ4v) is 5.01. The van der Waals surface area contributed by atoms with Crippen LogP contribution in [0.25, 0.3) is 0 Å². The molecule has 0 aliphatic carbocycles. The number of hydrogen-bond donors (Lipinski definition) is 0. The fraction of sp³-hybridized carbons (Fsp3) is 0.357. The van der Waals surface area contributed by atoms with E-state index < -0.39 is 5.82 Å². The number of carbonyl (C=O) groups is 2. The average molecular weight is 569 g/mol. The van der Waals surface area contributed by atoms with E-state index in [1.165, 1.54) is 21.8 Å². The van der Waals surface area contributed by atoms with Gasteiger partial charge in [0.25, 0.3) is 5.91 Å². The number of amides is 2. The van der Waals surface area contributed by atoms with Gasteiger partial charge < -0.3 is 19.3 Å². The summed E-state index contributed by atoms with van der Waals surface area (Å²) in [5.74, 6) is 0.204. The topological polar surface area (TPSA) is 92.5 Å². The molecule has 0 spiro atoms. The van der Waals surface area contributed by atoms with Crippen molar-refractivity contribution in [2.45, 2.75) is 32.0 Å². The summed E-state index contributed by atoms with van der Waals surface area (Å²) in [6.07, 6.45) is 5.91. The molecule has 3 heterocycles. The zero-order valence-electron chi connectivity index (χ0n) is 22.5. The quantitative estimate of drug-likeness (QED) is 0.425. The molecule has 2 amide bonds. The molecule has 0 N–H and O–H groups in total. The summed E-state index contributed by atoms with van der Waals surface area (Å²) in [7, 11) is 4.88. The van der Waals surface area contributed by atoms with E-state index in [0.29, 0.717) is 42.4 Å². The highest BCUT2D eigenvalue weighted by molar-refractivity contribution is 6.31. The maximum Gasteiger partial charge on any atom is 0.256 e. The molecule has 12 heteroatoms. The molecule has 0 bridgehead atoms. The summed E-state index contributed by atoms with van der Waals surface area (Å²) >= 11 is 6.02. The number of aromatic nitrogens is 2. The normalized spacial score (nSPS) is 16.5. The lowest BCUT2D eigenvalue weighted by atomic mass is 10.1. The summed E-state index contributed by atoms with van der Waals surface area (Å²) in [6.45, 7) is 1.44. The van der Waals surface area contributed by atoms with Crippen molar-refractivity contribution in [3.05, 3.63) is 64.7 Å². The molecule has 1 aromatic heterocycles. The Morgan fingerprint density at radius 1 is 1.20 bits per heavy atom. The number of fused-ring (bicyclic) bond motifs is 1. The SMILES string of the molecule is COc1cc2c(cc1O[C@@H]1CCCN(C(=O)Cn3cc(C(=O)N(C)C)cn3)C1)CN=CN2c1cccc(Cl)c1F. The first kappa shape index (κ1) is 27.4. The first-order valence-corrected chi connectivity index (χ1v) is 13.3. The minimum Gasteiger partial charge on any atom is -0.493 e. The van der Waals surface area contributed by atoms with Crippen LogP contribution in [0.3, 0.4) is 0 Å². The Balaban J connectivity index is 1.30. The van der Waals surface area contributed by atoms with Gasteiger partial charge in [0.05, 0.1) is 54.7 Å². The third-order valence-corrected chi connectivity index (χ3v) is 7.17. The van der Waals surface area contributed by atoms with E-state index in [0.717, 1.165) is 18.4 Å². The molecule has 10 nitrogen and oxygen atoms in total. The van der Waals surface area contributed by atoms with Crippen LogP contribution in [-0.4, -0.2) is 78.1 Å². The molecule has 3 aromatic rings. The number of carbonyl (C=O) groups excluding carboxylic acids is 2. The van der Waals surface area contributed by atoms with E-state index in [1.54, 1.807) is 61.7 Å². The van der Waals surface area contributed by atoms with Gasteiger partial charge in [-0.1, -0.05) is 17.7 Å². The molecule has 1 fully saturated rings. The Morgan fingerprint density at radius 3 is 2.80 bits per heavy atom. The van der Waals surface area contributed by atoms with Crippen molar-refractivity contribution in [3.8, 4) is 11.5 Å². The predicted molar refractivity (Wildman–Crippen MR) is 149 cm³/mol. The summed E-state index contributed by atoms with van der Waals surface area (Å²) in [5.41, 5.74) is 2.26. The second-order valence-electron chi connectivity index (χ2n) is 9.88. The second kappa shape index (κ2) is 11.5. The van der Waals surface area contributed by atoms with Gasteiger partial charge in [-0.3, -0.25) is 24.2 Å². The molecule has 2 aliphatic heterocycles. The summed E-state index contributed by atoms with van der Waals surface area (Å²) < 4.78 is 28.3. The first-order valence-electron chi connectivity index (χ1n) is 12.9. The Bertz CT molecular complexity index is 1460. The van der Waals surface area contributed by atoms with Crippen LogP contribution in [0.5, 0.6) is 11.5 Å². The Kier molecular flexibility index (Phi) is 7.92. The number of nitrogens with zero attached hydrogens (tertiary/aromatic N) is 6. The van der Waals surface area contributed by atoms with Crippen molar-refractivity contribution in [1.29, 1.82) is 0 Å². The van der Waals surface area contributed by atoms with Crippen LogP contribution >= 0.6 is 11.6 Å². The number of likely N-dealkylation sites (tertiary alicyclic amines) is 1. The van der Waals surface area contributed by atoms with Gasteiger partial charge in [-0.15, -0.1) is 0 Å². The minimum atomic E-state index is -0.537. The Morgan fingerprint density at radius 2 is 2.02 bits per heavy atom. The monoisotopic (exact) mass is 568 g/mol. The molecular weight excluding hydrogens is 539 g/mol. The Labute approximate surface area is 236 Å². The number of piperidine rings is 1. The van der Waals surface area contributed by atoms with Crippen molar-refractivity contribution in [1.82, 2.24) is 19.6 Å². The largest absolute Gasteiger partial charge is 0.493 e. The zero-order chi connectivity index (χ0) is 28.4. The van der Waals surface area contributed by atoms with Crippen LogP contribution in [0, 0.1) is 5.82 Å². The van der Waals surface area contributed by atoms with Gasteiger partial charge in [0, 0.05) is 38.5 Å². The lowest BCUT2D eigenvalue weighted by Gasteiger charge is -2.34. The second-order valence-corrected chi connectivity index (χ2v) is 10.3. The number of halogens is 2. The van der Waals surface area contributed by atoms with Crippen molar-refractivity contribution < 1.29 is 23.5 Å². The summed E-state index contributed by atoms with van der Waals surface area (Å²) in [6, 6.07) is 8.47. The van der Waals surface area contributed by atoms with E-state index in [-0.39, 0.29) is 35.2 Å². The van der Waals surface area contributed by atoms with E-state index in [1.807, 2.05) is 6.07 Å². The molecule has 5 rings (SSSR count). The van der Waals surface area contributed by atoms with Crippen molar-refractivity contribution in [2.75, 3.05) is 39.2 Å². The zero-order valence-corrected chi connectivity index (χ0v) is 23.3. The standard InChI is InChI=1S/C28H30ClFN6O4/c1-33(2)28(38)19-13-32-35(14-19)16-26(37)34-9-5-6-20(15-34)40-25-10-18-12-31-17-36(23(18)11-24(25)39-3)22-8-4-7-21(29)27(22)30/h4,7-8,10-11,13-14,17,20H,5-6,9,12,15-16H2,1-3H3/t20-/m1/s1. The third kappa shape index (κ3) is 5.60. The molecule has 0 unspecified atom stereocenters. The lowest BCUT2D eigenvalue weighted by Crippen LogP contribution is -2.45. The molecule has 0 saturated carbocycles. The maximum absolute atomic E-state index is 14.8. The summed E-state index contributed by atoms with van der Waals surface area (Å²) in [5, 5.41) is 4.20. The van der Waals surface area contributed by atoms with Crippen molar-refractivity contribution in [2.24, 2.45) is 4.99 Å². The van der Waals surface area contributed by atoms with Crippen LogP contribution in [0.4, 0.5) is 15.8 Å². The van der Waals surface area contributed by atoms with Crippen LogP contribution in [0.1, 0.15) is 28.8 Å². The van der Waals surface area contributed by atoms with E-state index in [9.17, 15) is 14.0 Å². The molecule has 2 aliphatic rings. The van der Waals surface area contributed by atoms with Gasteiger partial charge in [0.15, 0.2) is 17.3 Å². The summed E-state index contributed by atoms with van der Waals surface area (Å²) in [4.78, 5) is 34.4. The average Bonchev–Trinajstić information content (AvgIpc) is 3.41. The molecule has 1 atom stereocenters. The van der Waals surface area contributed by atoms with E-state index in [4.69, 9.17) is 21.1 Å². The highest BCUT2D eigenvalue weighted by Gasteiger charge is 2.28. The van der Waals surface area contributed by atoms with Crippen molar-refractivity contribution >= 4 is 41.1 Å². The highest BCUT2D eigenvalue weighted by atomic mass is 35.5. The maximum atomic E-state index is 14.8. The number of benzene rings is 2. The van der Waals surface area contributed by atoms with Crippen LogP contribution in [0.2, 0.25) is 5.02 Å². The molecule has 2 aromatic carbocycles. The molecule has 1 saturated heterocycles. The predicted octanol–water partition coefficient (Wildman–Crippen LogP) is 4.14. The van der Waals surface area contributed by atoms with Gasteiger partial charge >= 0.3 is 0 Å². The third-order valence-electron chi connectivity index (χ3n) is 6.88. The van der Waals surface area contributed by atoms with Crippen molar-refractivity contribution in [3.63, 3.8) is 0 Å². The number of anilines is 2. The van der Waals surface area contributed by atoms with Gasteiger partial charge in [0.2, 0.25) is 5.91 Å². The van der Waals surface area contributed by atoms with Crippen LogP contribution < -0.4 is 14.4 Å². The van der Waals surface area contributed by atoms with Gasteiger partial charge in [0.1, 0.15) is 12.6 Å². The number of aliphatic imine (C=N–C) groups is 1. The molecule has 40 heavy (non-hydrogen) atoms. The van der Waals surface area contributed by atoms with Crippen LogP contribution in [0.15, 0.2) is 47.7 Å². The van der Waals surface area contributed by atoms with E-state index >= 15 is 0 Å². The van der Waals surface area contributed by atoms with E-state index in [2.05, 4.69) is 10.1 Å². The molecular formula is C28H30ClFN6O4. The number of hydrogen-bond acceptors (Lipinski definition) is 7. The number of rotatable bonds is 7. The Hall–Kier alpha value is -4.12. The molecule has 210 valence electrons. The number of ether oxygens (including phenoxy) is 2. The smallest absolute Gasteiger partial charge is 0.256 e.